The van der Waals surface area contributed by atoms with E-state index in [0.29, 0.717) is 28.7 Å². The molecule has 1 fully saturated rings. The minimum absolute atomic E-state index is 0.0732. The predicted molar refractivity (Wildman–Crippen MR) is 129 cm³/mol. The maximum atomic E-state index is 13.7. The number of nitrogens with one attached hydrogen (secondary N) is 1. The summed E-state index contributed by atoms with van der Waals surface area (Å²) in [5.41, 5.74) is 0.486. The Morgan fingerprint density at radius 3 is 2.63 bits per heavy atom. The van der Waals surface area contributed by atoms with Gasteiger partial charge in [0, 0.05) is 23.9 Å². The fourth-order valence-corrected chi connectivity index (χ4v) is 4.56. The van der Waals surface area contributed by atoms with Gasteiger partial charge in [0.1, 0.15) is 17.3 Å². The van der Waals surface area contributed by atoms with Gasteiger partial charge >= 0.3 is 0 Å². The Kier molecular flexibility index (Phi) is 6.61. The van der Waals surface area contributed by atoms with Crippen LogP contribution in [0, 0.1) is 6.92 Å². The molecule has 35 heavy (non-hydrogen) atoms. The number of benzene rings is 1. The van der Waals surface area contributed by atoms with Gasteiger partial charge < -0.3 is 23.6 Å². The highest BCUT2D eigenvalue weighted by atomic mass is 16.7. The van der Waals surface area contributed by atoms with E-state index in [4.69, 9.17) is 18.3 Å². The van der Waals surface area contributed by atoms with Crippen LogP contribution in [0.15, 0.2) is 63.6 Å². The molecule has 0 radical (unpaired) electrons. The maximum absolute atomic E-state index is 13.7. The van der Waals surface area contributed by atoms with Crippen LogP contribution < -0.4 is 19.7 Å². The largest absolute Gasteiger partial charge is 0.467 e. The van der Waals surface area contributed by atoms with Gasteiger partial charge in [0.05, 0.1) is 6.26 Å². The molecule has 0 bridgehead atoms. The molecule has 1 aromatic carbocycles. The van der Waals surface area contributed by atoms with Crippen molar-refractivity contribution in [1.29, 1.82) is 0 Å². The van der Waals surface area contributed by atoms with E-state index >= 15 is 0 Å². The number of furan rings is 2. The molecule has 0 saturated heterocycles. The highest BCUT2D eigenvalue weighted by Crippen LogP contribution is 2.38. The first-order valence-corrected chi connectivity index (χ1v) is 11.9. The number of fused-ring (bicyclic) bond motifs is 1. The third-order valence-corrected chi connectivity index (χ3v) is 6.29. The van der Waals surface area contributed by atoms with Crippen LogP contribution in [0.3, 0.4) is 0 Å². The van der Waals surface area contributed by atoms with Gasteiger partial charge in [0.25, 0.3) is 11.8 Å². The molecule has 8 heteroatoms. The van der Waals surface area contributed by atoms with E-state index in [1.54, 1.807) is 42.5 Å². The van der Waals surface area contributed by atoms with Crippen molar-refractivity contribution in [3.05, 3.63) is 72.1 Å². The fraction of sp³-hybridized carbons (Fsp3) is 0.333. The summed E-state index contributed by atoms with van der Waals surface area (Å²) in [6, 6.07) is 11.3. The molecule has 3 aromatic rings. The monoisotopic (exact) mass is 476 g/mol. The molecule has 1 atom stereocenters. The average molecular weight is 477 g/mol. The summed E-state index contributed by atoms with van der Waals surface area (Å²) < 4.78 is 22.2. The van der Waals surface area contributed by atoms with Crippen LogP contribution in [0.2, 0.25) is 0 Å². The van der Waals surface area contributed by atoms with Crippen LogP contribution in [0.5, 0.6) is 11.5 Å². The molecule has 0 unspecified atom stereocenters. The number of anilines is 1. The van der Waals surface area contributed by atoms with Gasteiger partial charge in [-0.2, -0.15) is 0 Å². The van der Waals surface area contributed by atoms with Gasteiger partial charge in [0.2, 0.25) is 6.79 Å². The average Bonchev–Trinajstić information content (AvgIpc) is 3.63. The highest BCUT2D eigenvalue weighted by molar-refractivity contribution is 6.08. The second kappa shape index (κ2) is 10.1. The lowest BCUT2D eigenvalue weighted by atomic mass is 9.95. The number of aryl methyl sites for hydroxylation is 1. The molecule has 1 saturated carbocycles. The van der Waals surface area contributed by atoms with Gasteiger partial charge in [0.15, 0.2) is 17.5 Å². The minimum Gasteiger partial charge on any atom is -0.467 e. The van der Waals surface area contributed by atoms with E-state index in [1.165, 1.54) is 23.7 Å². The topological polar surface area (TPSA) is 94.2 Å². The number of carbonyl (C=O) groups excluding carboxylic acids is 2. The Balaban J connectivity index is 1.52. The number of carbonyl (C=O) groups is 2. The van der Waals surface area contributed by atoms with Gasteiger partial charge in [-0.05, 0) is 62.2 Å². The molecular weight excluding hydrogens is 448 g/mol. The van der Waals surface area contributed by atoms with E-state index < -0.39 is 11.9 Å². The number of amides is 2. The normalized spacial score (nSPS) is 16.4. The molecule has 2 aliphatic rings. The molecule has 2 aromatic heterocycles. The van der Waals surface area contributed by atoms with Crippen molar-refractivity contribution in [1.82, 2.24) is 5.32 Å². The molecule has 2 amide bonds. The third-order valence-electron chi connectivity index (χ3n) is 6.29. The van der Waals surface area contributed by atoms with Crippen LogP contribution in [0.4, 0.5) is 5.69 Å². The van der Waals surface area contributed by atoms with Crippen LogP contribution in [0.25, 0.3) is 6.08 Å². The van der Waals surface area contributed by atoms with Crippen LogP contribution in [0.1, 0.15) is 55.4 Å². The Bertz CT molecular complexity index is 1210. The molecule has 8 nitrogen and oxygen atoms in total. The molecular formula is C27H28N2O6. The standard InChI is InChI=1S/C27H28N2O6/c1-18-9-11-21(35-18)12-14-25(30)29(20-10-13-22-24(16-20)34-17-33-22)26(23-8-5-15-32-23)27(31)28-19-6-3-2-4-7-19/h5,8-16,19,26H,2-4,6-7,17H2,1H3,(H,28,31)/b14-12+/t26-/m1/s1. The summed E-state index contributed by atoms with van der Waals surface area (Å²) in [6.07, 6.45) is 9.66. The zero-order valence-electron chi connectivity index (χ0n) is 19.6. The SMILES string of the molecule is Cc1ccc(/C=C/C(=O)N(c2ccc3c(c2)OCO3)[C@@H](C(=O)NC2CCCCC2)c2ccco2)o1. The van der Waals surface area contributed by atoms with Crippen LogP contribution in [-0.2, 0) is 9.59 Å². The van der Waals surface area contributed by atoms with Crippen molar-refractivity contribution < 1.29 is 27.9 Å². The number of hydrogen-bond donors (Lipinski definition) is 1. The molecule has 1 N–H and O–H groups in total. The van der Waals surface area contributed by atoms with E-state index in [-0.39, 0.29) is 18.7 Å². The van der Waals surface area contributed by atoms with E-state index in [1.807, 2.05) is 13.0 Å². The maximum Gasteiger partial charge on any atom is 0.252 e. The number of hydrogen-bond acceptors (Lipinski definition) is 6. The Morgan fingerprint density at radius 2 is 1.89 bits per heavy atom. The van der Waals surface area contributed by atoms with Crippen molar-refractivity contribution >= 4 is 23.6 Å². The van der Waals surface area contributed by atoms with Crippen molar-refractivity contribution in [3.8, 4) is 11.5 Å². The van der Waals surface area contributed by atoms with Crippen LogP contribution >= 0.6 is 0 Å². The minimum atomic E-state index is -1.01. The lowest BCUT2D eigenvalue weighted by Crippen LogP contribution is -2.46. The number of rotatable bonds is 7. The zero-order chi connectivity index (χ0) is 24.2. The summed E-state index contributed by atoms with van der Waals surface area (Å²) in [6.45, 7) is 1.94. The predicted octanol–water partition coefficient (Wildman–Crippen LogP) is 5.15. The van der Waals surface area contributed by atoms with Crippen molar-refractivity contribution in [2.45, 2.75) is 51.1 Å². The highest BCUT2D eigenvalue weighted by Gasteiger charge is 2.36. The second-order valence-electron chi connectivity index (χ2n) is 8.79. The molecule has 1 aliphatic heterocycles. The second-order valence-corrected chi connectivity index (χ2v) is 8.79. The van der Waals surface area contributed by atoms with Crippen LogP contribution in [-0.4, -0.2) is 24.6 Å². The molecule has 182 valence electrons. The molecule has 5 rings (SSSR count). The quantitative estimate of drug-likeness (QED) is 0.474. The zero-order valence-corrected chi connectivity index (χ0v) is 19.6. The smallest absolute Gasteiger partial charge is 0.252 e. The first-order chi connectivity index (χ1) is 17.1. The lowest BCUT2D eigenvalue weighted by molar-refractivity contribution is -0.126. The van der Waals surface area contributed by atoms with Crippen molar-refractivity contribution in [2.75, 3.05) is 11.7 Å². The number of ether oxygens (including phenoxy) is 2. The van der Waals surface area contributed by atoms with Crippen molar-refractivity contribution in [3.63, 3.8) is 0 Å². The van der Waals surface area contributed by atoms with E-state index in [0.717, 1.165) is 31.4 Å². The summed E-state index contributed by atoms with van der Waals surface area (Å²) in [4.78, 5) is 28.8. The first-order valence-electron chi connectivity index (χ1n) is 11.9. The van der Waals surface area contributed by atoms with E-state index in [2.05, 4.69) is 5.32 Å². The third kappa shape index (κ3) is 5.11. The summed E-state index contributed by atoms with van der Waals surface area (Å²) in [5.74, 6) is 2.05. The molecule has 1 aliphatic carbocycles. The van der Waals surface area contributed by atoms with Gasteiger partial charge in [-0.25, -0.2) is 0 Å². The Hall–Kier alpha value is -3.94. The summed E-state index contributed by atoms with van der Waals surface area (Å²) in [7, 11) is 0. The number of nitrogens with zero attached hydrogens (tertiary/aromatic N) is 1. The van der Waals surface area contributed by atoms with Gasteiger partial charge in [-0.1, -0.05) is 19.3 Å². The summed E-state index contributed by atoms with van der Waals surface area (Å²) in [5, 5.41) is 3.15. The van der Waals surface area contributed by atoms with Crippen molar-refractivity contribution in [2.24, 2.45) is 0 Å². The molecule has 3 heterocycles. The van der Waals surface area contributed by atoms with E-state index in [9.17, 15) is 9.59 Å². The van der Waals surface area contributed by atoms with Gasteiger partial charge in [-0.3, -0.25) is 14.5 Å². The first kappa shape index (κ1) is 22.8. The van der Waals surface area contributed by atoms with Gasteiger partial charge in [-0.15, -0.1) is 0 Å². The Morgan fingerprint density at radius 1 is 1.06 bits per heavy atom. The Labute approximate surface area is 203 Å². The lowest BCUT2D eigenvalue weighted by Gasteiger charge is -2.31. The molecule has 0 spiro atoms. The fourth-order valence-electron chi connectivity index (χ4n) is 4.56. The summed E-state index contributed by atoms with van der Waals surface area (Å²) >= 11 is 0.